The number of nitrogens with zero attached hydrogens (tertiary/aromatic N) is 2. The molecule has 1 rings (SSSR count). The zero-order valence-electron chi connectivity index (χ0n) is 9.09. The first-order chi connectivity index (χ1) is 8.65. The van der Waals surface area contributed by atoms with Crippen LogP contribution in [-0.2, 0) is 0 Å². The lowest BCUT2D eigenvalue weighted by molar-refractivity contribution is -0.388. The number of hydrogen-bond acceptors (Lipinski definition) is 6. The molecule has 0 radical (unpaired) electrons. The average molecular weight is 282 g/mol. The van der Waals surface area contributed by atoms with E-state index in [1.807, 2.05) is 0 Å². The van der Waals surface area contributed by atoms with Crippen LogP contribution in [0.4, 0.5) is 18.9 Å². The number of alkyl halides is 3. The molecule has 0 aliphatic rings. The molecule has 19 heavy (non-hydrogen) atoms. The van der Waals surface area contributed by atoms with E-state index in [-0.39, 0.29) is 0 Å². The van der Waals surface area contributed by atoms with Crippen LogP contribution in [0.25, 0.3) is 0 Å². The zero-order valence-corrected chi connectivity index (χ0v) is 9.09. The highest BCUT2D eigenvalue weighted by Gasteiger charge is 2.38. The van der Waals surface area contributed by atoms with Crippen LogP contribution in [0.5, 0.6) is 11.6 Å². The first-order valence-corrected chi connectivity index (χ1v) is 4.38. The van der Waals surface area contributed by atoms with Crippen LogP contribution in [0.15, 0.2) is 6.07 Å². The van der Waals surface area contributed by atoms with Gasteiger partial charge in [0.1, 0.15) is 0 Å². The number of halogens is 3. The Balaban J connectivity index is 3.49. The maximum absolute atomic E-state index is 12.1. The Morgan fingerprint density at radius 2 is 2.11 bits per heavy atom. The lowest BCUT2D eigenvalue weighted by Gasteiger charge is -2.12. The van der Waals surface area contributed by atoms with Gasteiger partial charge in [-0.2, -0.15) is 0 Å². The van der Waals surface area contributed by atoms with Crippen LogP contribution < -0.4 is 9.47 Å². The van der Waals surface area contributed by atoms with Crippen LogP contribution in [-0.4, -0.2) is 34.5 Å². The van der Waals surface area contributed by atoms with Gasteiger partial charge in [-0.1, -0.05) is 0 Å². The fraction of sp³-hybridized carbons (Fsp3) is 0.250. The van der Waals surface area contributed by atoms with Crippen molar-refractivity contribution in [2.45, 2.75) is 6.36 Å². The Bertz CT molecular complexity index is 530. The highest BCUT2D eigenvalue weighted by molar-refractivity contribution is 5.87. The van der Waals surface area contributed by atoms with Gasteiger partial charge in [0.05, 0.1) is 18.1 Å². The molecular weight excluding hydrogens is 277 g/mol. The second-order valence-electron chi connectivity index (χ2n) is 2.98. The van der Waals surface area contributed by atoms with Crippen LogP contribution in [0, 0.1) is 10.1 Å². The average Bonchev–Trinajstić information content (AvgIpc) is 2.26. The molecule has 0 saturated heterocycles. The van der Waals surface area contributed by atoms with Gasteiger partial charge in [-0.3, -0.25) is 10.1 Å². The van der Waals surface area contributed by atoms with Gasteiger partial charge < -0.3 is 14.6 Å². The summed E-state index contributed by atoms with van der Waals surface area (Å²) in [5, 5.41) is 19.3. The Kier molecular flexibility index (Phi) is 3.77. The summed E-state index contributed by atoms with van der Waals surface area (Å²) in [5.74, 6) is -3.94. The summed E-state index contributed by atoms with van der Waals surface area (Å²) in [6.45, 7) is 0. The molecule has 104 valence electrons. The van der Waals surface area contributed by atoms with Crippen molar-refractivity contribution in [3.8, 4) is 11.6 Å². The SMILES string of the molecule is COc1nc(C(=O)O)cc([N+](=O)[O-])c1OC(F)(F)F. The molecule has 0 amide bonds. The number of carbonyl (C=O) groups is 1. The van der Waals surface area contributed by atoms with Crippen molar-refractivity contribution >= 4 is 11.7 Å². The Hall–Kier alpha value is -2.59. The standard InChI is InChI=1S/C8H5F3N2O6/c1-18-6-5(19-8(9,10)11)4(13(16)17)2-3(12-6)7(14)15/h2H,1H3,(H,14,15). The molecule has 1 N–H and O–H groups in total. The predicted molar refractivity (Wildman–Crippen MR) is 51.1 cm³/mol. The summed E-state index contributed by atoms with van der Waals surface area (Å²) < 4.78 is 44.1. The number of carboxylic acids is 1. The molecule has 8 nitrogen and oxygen atoms in total. The second-order valence-corrected chi connectivity index (χ2v) is 2.98. The number of methoxy groups -OCH3 is 1. The normalized spacial score (nSPS) is 10.9. The minimum atomic E-state index is -5.22. The predicted octanol–water partition coefficient (Wildman–Crippen LogP) is 1.60. The molecular formula is C8H5F3N2O6. The fourth-order valence-electron chi connectivity index (χ4n) is 1.09. The Morgan fingerprint density at radius 3 is 2.47 bits per heavy atom. The first-order valence-electron chi connectivity index (χ1n) is 4.38. The third-order valence-corrected chi connectivity index (χ3v) is 1.75. The van der Waals surface area contributed by atoms with E-state index < -0.39 is 40.3 Å². The largest absolute Gasteiger partial charge is 0.573 e. The minimum absolute atomic E-state index is 0.339. The lowest BCUT2D eigenvalue weighted by Crippen LogP contribution is -2.19. The lowest BCUT2D eigenvalue weighted by atomic mass is 10.3. The van der Waals surface area contributed by atoms with Crippen LogP contribution in [0.3, 0.4) is 0 Å². The molecule has 0 aliphatic carbocycles. The third kappa shape index (κ3) is 3.43. The number of pyridine rings is 1. The van der Waals surface area contributed by atoms with Gasteiger partial charge in [-0.05, 0) is 0 Å². The van der Waals surface area contributed by atoms with Crippen molar-refractivity contribution in [1.82, 2.24) is 4.98 Å². The Labute approximate surface area is 102 Å². The summed E-state index contributed by atoms with van der Waals surface area (Å²) in [4.78, 5) is 23.2. The van der Waals surface area contributed by atoms with Crippen molar-refractivity contribution in [3.05, 3.63) is 21.9 Å². The molecule has 0 atom stereocenters. The highest BCUT2D eigenvalue weighted by atomic mass is 19.4. The summed E-state index contributed by atoms with van der Waals surface area (Å²) in [7, 11) is 0.862. The van der Waals surface area contributed by atoms with Crippen LogP contribution >= 0.6 is 0 Å². The van der Waals surface area contributed by atoms with E-state index in [1.165, 1.54) is 0 Å². The van der Waals surface area contributed by atoms with Crippen LogP contribution in [0.1, 0.15) is 10.5 Å². The highest BCUT2D eigenvalue weighted by Crippen LogP contribution is 2.39. The van der Waals surface area contributed by atoms with E-state index in [0.717, 1.165) is 7.11 Å². The topological polar surface area (TPSA) is 112 Å². The van der Waals surface area contributed by atoms with E-state index >= 15 is 0 Å². The number of ether oxygens (including phenoxy) is 2. The van der Waals surface area contributed by atoms with Gasteiger partial charge in [0, 0.05) is 0 Å². The summed E-state index contributed by atoms with van der Waals surface area (Å²) in [6, 6.07) is 0.339. The number of aromatic nitrogens is 1. The molecule has 0 aliphatic heterocycles. The molecule has 11 heteroatoms. The van der Waals surface area contributed by atoms with Gasteiger partial charge in [0.2, 0.25) is 0 Å². The molecule has 0 unspecified atom stereocenters. The number of rotatable bonds is 4. The van der Waals surface area contributed by atoms with Gasteiger partial charge in [-0.15, -0.1) is 13.2 Å². The number of aromatic carboxylic acids is 1. The third-order valence-electron chi connectivity index (χ3n) is 1.75. The molecule has 0 aromatic carbocycles. The van der Waals surface area contributed by atoms with Crippen molar-refractivity contribution in [3.63, 3.8) is 0 Å². The van der Waals surface area contributed by atoms with Crippen molar-refractivity contribution in [2.75, 3.05) is 7.11 Å². The van der Waals surface area contributed by atoms with Gasteiger partial charge in [-0.25, -0.2) is 9.78 Å². The second kappa shape index (κ2) is 4.96. The van der Waals surface area contributed by atoms with E-state index in [0.29, 0.717) is 6.07 Å². The van der Waals surface area contributed by atoms with Crippen LogP contribution in [0.2, 0.25) is 0 Å². The molecule has 0 fully saturated rings. The maximum Gasteiger partial charge on any atom is 0.573 e. The van der Waals surface area contributed by atoms with E-state index in [1.54, 1.807) is 0 Å². The van der Waals surface area contributed by atoms with E-state index in [2.05, 4.69) is 14.5 Å². The van der Waals surface area contributed by atoms with Gasteiger partial charge >= 0.3 is 18.0 Å². The van der Waals surface area contributed by atoms with Crippen molar-refractivity contribution in [1.29, 1.82) is 0 Å². The fourth-order valence-corrected chi connectivity index (χ4v) is 1.09. The Morgan fingerprint density at radius 1 is 1.53 bits per heavy atom. The molecule has 0 bridgehead atoms. The van der Waals surface area contributed by atoms with Crippen molar-refractivity contribution < 1.29 is 37.5 Å². The smallest absolute Gasteiger partial charge is 0.478 e. The first kappa shape index (κ1) is 14.5. The molecule has 1 aromatic heterocycles. The number of carboxylic acid groups (broad SMARTS) is 1. The van der Waals surface area contributed by atoms with E-state index in [4.69, 9.17) is 5.11 Å². The molecule has 1 heterocycles. The summed E-state index contributed by atoms with van der Waals surface area (Å²) in [5.41, 5.74) is -2.07. The monoisotopic (exact) mass is 282 g/mol. The van der Waals surface area contributed by atoms with E-state index in [9.17, 15) is 28.1 Å². The quantitative estimate of drug-likeness (QED) is 0.659. The number of hydrogen-bond donors (Lipinski definition) is 1. The molecule has 1 aromatic rings. The zero-order chi connectivity index (χ0) is 14.8. The number of nitro groups is 1. The molecule has 0 saturated carbocycles. The summed E-state index contributed by atoms with van der Waals surface area (Å²) in [6.07, 6.45) is -5.22. The summed E-state index contributed by atoms with van der Waals surface area (Å²) >= 11 is 0. The maximum atomic E-state index is 12.1. The minimum Gasteiger partial charge on any atom is -0.478 e. The van der Waals surface area contributed by atoms with Gasteiger partial charge in [0.25, 0.3) is 11.6 Å². The molecule has 0 spiro atoms. The van der Waals surface area contributed by atoms with Gasteiger partial charge in [0.15, 0.2) is 5.69 Å². The van der Waals surface area contributed by atoms with Crippen molar-refractivity contribution in [2.24, 2.45) is 0 Å².